The molecule has 4 unspecified atom stereocenters. The smallest absolute Gasteiger partial charge is 0.335 e. The summed E-state index contributed by atoms with van der Waals surface area (Å²) in [4.78, 5) is 26.4. The van der Waals surface area contributed by atoms with E-state index in [1.165, 1.54) is 47.4 Å². The van der Waals surface area contributed by atoms with Crippen LogP contribution in [0.3, 0.4) is 0 Å². The number of β-lactam (4-membered cyclic amide) rings is 1. The van der Waals surface area contributed by atoms with Gasteiger partial charge in [0, 0.05) is 22.1 Å². The van der Waals surface area contributed by atoms with Gasteiger partial charge < -0.3 is 45.0 Å². The molecule has 2 aliphatic heterocycles. The number of halogens is 1. The molecular formula is C35H32FNO11S. The molecule has 0 aliphatic carbocycles. The van der Waals surface area contributed by atoms with Crippen molar-refractivity contribution in [2.75, 3.05) is 10.7 Å². The number of carbonyl (C=O) groups is 2. The third-order valence-corrected chi connectivity index (χ3v) is 10.2. The topological polar surface area (TPSA) is 194 Å². The summed E-state index contributed by atoms with van der Waals surface area (Å²) in [5.74, 6) is -2.89. The molecule has 1 amide bonds. The normalized spacial score (nSPS) is 26.4. The number of rotatable bonds is 10. The van der Waals surface area contributed by atoms with Crippen molar-refractivity contribution in [1.29, 1.82) is 0 Å². The van der Waals surface area contributed by atoms with Gasteiger partial charge in [-0.3, -0.25) is 9.00 Å². The number of carboxylic acid groups (broad SMARTS) is 1. The summed E-state index contributed by atoms with van der Waals surface area (Å²) in [6.45, 7) is 0. The number of ether oxygens (including phenoxy) is 2. The minimum absolute atomic E-state index is 0.118. The molecule has 0 aromatic heterocycles. The van der Waals surface area contributed by atoms with E-state index in [0.29, 0.717) is 27.9 Å². The van der Waals surface area contributed by atoms with Crippen molar-refractivity contribution in [2.24, 2.45) is 0 Å². The second-order valence-electron chi connectivity index (χ2n) is 11.7. The van der Waals surface area contributed by atoms with Gasteiger partial charge in [0.1, 0.15) is 40.9 Å². The molecule has 256 valence electrons. The molecule has 2 heterocycles. The number of aromatic hydroxyl groups is 1. The molecule has 2 saturated heterocycles. The van der Waals surface area contributed by atoms with Crippen LogP contribution in [-0.4, -0.2) is 88.4 Å². The summed E-state index contributed by atoms with van der Waals surface area (Å²) in [6.07, 6.45) is -10.2. The number of aliphatic hydroxyl groups is 4. The lowest BCUT2D eigenvalue weighted by atomic mass is 9.90. The highest BCUT2D eigenvalue weighted by Crippen LogP contribution is 2.46. The fourth-order valence-electron chi connectivity index (χ4n) is 5.94. The number of benzene rings is 4. The molecule has 4 aromatic carbocycles. The van der Waals surface area contributed by atoms with Gasteiger partial charge in [0.15, 0.2) is 6.10 Å². The molecule has 4 aromatic rings. The van der Waals surface area contributed by atoms with Gasteiger partial charge in [0.2, 0.25) is 12.2 Å². The third kappa shape index (κ3) is 6.79. The van der Waals surface area contributed by atoms with E-state index in [4.69, 9.17) is 9.47 Å². The van der Waals surface area contributed by atoms with Crippen molar-refractivity contribution in [3.8, 4) is 22.6 Å². The minimum atomic E-state index is -1.90. The number of carbonyl (C=O) groups excluding carboxylic acids is 1. The van der Waals surface area contributed by atoms with Gasteiger partial charge in [-0.15, -0.1) is 0 Å². The molecule has 2 fully saturated rings. The Bertz CT molecular complexity index is 1860. The van der Waals surface area contributed by atoms with E-state index in [2.05, 4.69) is 0 Å². The lowest BCUT2D eigenvalue weighted by molar-refractivity contribution is -0.271. The first-order chi connectivity index (χ1) is 23.4. The van der Waals surface area contributed by atoms with Crippen LogP contribution in [0.2, 0.25) is 0 Å². The zero-order chi connectivity index (χ0) is 35.0. The van der Waals surface area contributed by atoms with Gasteiger partial charge in [-0.1, -0.05) is 54.6 Å². The van der Waals surface area contributed by atoms with Crippen LogP contribution in [0, 0.1) is 5.82 Å². The molecule has 2 aliphatic rings. The van der Waals surface area contributed by atoms with Crippen molar-refractivity contribution in [3.63, 3.8) is 0 Å². The first-order valence-electron chi connectivity index (χ1n) is 15.2. The Morgan fingerprint density at radius 1 is 0.898 bits per heavy atom. The highest BCUT2D eigenvalue weighted by Gasteiger charge is 2.53. The first kappa shape index (κ1) is 34.2. The fourth-order valence-corrected chi connectivity index (χ4v) is 7.55. The van der Waals surface area contributed by atoms with Gasteiger partial charge in [-0.05, 0) is 59.2 Å². The summed E-state index contributed by atoms with van der Waals surface area (Å²) in [5, 5.41) is 60.7. The molecule has 6 rings (SSSR count). The monoisotopic (exact) mass is 693 g/mol. The van der Waals surface area contributed by atoms with Crippen LogP contribution in [-0.2, 0) is 25.1 Å². The zero-order valence-corrected chi connectivity index (χ0v) is 26.3. The maximum absolute atomic E-state index is 13.6. The average molecular weight is 694 g/mol. The van der Waals surface area contributed by atoms with E-state index in [1.54, 1.807) is 54.6 Å². The Hall–Kier alpha value is -4.70. The lowest BCUT2D eigenvalue weighted by Gasteiger charge is -2.47. The van der Waals surface area contributed by atoms with Crippen molar-refractivity contribution >= 4 is 28.4 Å². The minimum Gasteiger partial charge on any atom is -0.508 e. The molecule has 12 nitrogen and oxygen atoms in total. The summed E-state index contributed by atoms with van der Waals surface area (Å²) >= 11 is 0. The molecule has 9 atom stereocenters. The largest absolute Gasteiger partial charge is 0.508 e. The Morgan fingerprint density at radius 3 is 2.27 bits per heavy atom. The van der Waals surface area contributed by atoms with Gasteiger partial charge >= 0.3 is 5.97 Å². The van der Waals surface area contributed by atoms with Crippen LogP contribution in [0.15, 0.2) is 97.1 Å². The van der Waals surface area contributed by atoms with Gasteiger partial charge in [-0.25, -0.2) is 9.18 Å². The maximum atomic E-state index is 13.6. The van der Waals surface area contributed by atoms with Crippen molar-refractivity contribution in [2.45, 2.75) is 48.1 Å². The van der Waals surface area contributed by atoms with Crippen LogP contribution in [0.25, 0.3) is 11.1 Å². The predicted octanol–water partition coefficient (Wildman–Crippen LogP) is 2.41. The Balaban J connectivity index is 1.25. The summed E-state index contributed by atoms with van der Waals surface area (Å²) < 4.78 is 37.9. The summed E-state index contributed by atoms with van der Waals surface area (Å²) in [7, 11) is -1.90. The van der Waals surface area contributed by atoms with Gasteiger partial charge in [0.05, 0.1) is 17.9 Å². The zero-order valence-electron chi connectivity index (χ0n) is 25.5. The van der Waals surface area contributed by atoms with Crippen LogP contribution in [0.5, 0.6) is 11.5 Å². The molecule has 0 radical (unpaired) electrons. The number of anilines is 1. The van der Waals surface area contributed by atoms with Crippen LogP contribution < -0.4 is 9.64 Å². The number of hydrogen-bond donors (Lipinski definition) is 6. The maximum Gasteiger partial charge on any atom is 0.335 e. The Morgan fingerprint density at radius 2 is 1.59 bits per heavy atom. The highest BCUT2D eigenvalue weighted by atomic mass is 32.2. The van der Waals surface area contributed by atoms with Gasteiger partial charge in [-0.2, -0.15) is 0 Å². The Kier molecular flexibility index (Phi) is 9.79. The molecule has 0 saturated carbocycles. The number of phenols is 1. The van der Waals surface area contributed by atoms with E-state index in [1.807, 2.05) is 0 Å². The molecule has 0 bridgehead atoms. The molecule has 49 heavy (non-hydrogen) atoms. The van der Waals surface area contributed by atoms with E-state index < -0.39 is 76.6 Å². The number of hydrogen-bond acceptors (Lipinski definition) is 10. The van der Waals surface area contributed by atoms with E-state index in [9.17, 15) is 48.8 Å². The van der Waals surface area contributed by atoms with E-state index >= 15 is 0 Å². The van der Waals surface area contributed by atoms with Crippen molar-refractivity contribution in [3.05, 3.63) is 114 Å². The molecule has 0 spiro atoms. The quantitative estimate of drug-likeness (QED) is 0.134. The number of para-hydroxylation sites is 1. The van der Waals surface area contributed by atoms with Crippen molar-refractivity contribution < 1.29 is 58.3 Å². The lowest BCUT2D eigenvalue weighted by Crippen LogP contribution is -2.61. The first-order valence-corrected chi connectivity index (χ1v) is 16.5. The SMILES string of the molecule is O=C(O)C1O[C@@H](Oc2cccc(-c3ccc([C@@H]4[C@@H](S(=O)C[C@H](O)c5ccc(F)cc5)C(=O)N4c4ccccc4)c(O)c3)c2)C(O)[C@@H](O)C1O. The molecule has 14 heteroatoms. The second kappa shape index (κ2) is 14.0. The van der Waals surface area contributed by atoms with E-state index in [0.717, 1.165) is 0 Å². The number of amides is 1. The summed E-state index contributed by atoms with van der Waals surface area (Å²) in [5.41, 5.74) is 2.19. The highest BCUT2D eigenvalue weighted by molar-refractivity contribution is 7.86. The average Bonchev–Trinajstić information content (AvgIpc) is 3.08. The number of aliphatic carboxylic acids is 1. The molecule has 6 N–H and O–H groups in total. The van der Waals surface area contributed by atoms with Gasteiger partial charge in [0.25, 0.3) is 0 Å². The number of aliphatic hydroxyl groups excluding tert-OH is 4. The van der Waals surface area contributed by atoms with E-state index in [-0.39, 0.29) is 17.3 Å². The Labute approximate surface area is 281 Å². The fraction of sp³-hybridized carbons (Fsp3) is 0.257. The standard InChI is InChI=1S/C35H32FNO11S/c36-21-12-9-18(10-13-21)26(39)17-49(46)32-27(37(33(32)43)22-6-2-1-3-7-22)24-14-11-20(16-25(24)38)19-5-4-8-23(15-19)47-35-30(42)28(40)29(41)31(48-35)34(44)45/h1-16,26-32,35,38-42H,17H2,(H,44,45)/t26-,27+,28-,29?,30?,31?,32+,35+,49?/m0/s1. The third-order valence-electron chi connectivity index (χ3n) is 8.52. The van der Waals surface area contributed by atoms with Crippen molar-refractivity contribution in [1.82, 2.24) is 0 Å². The second-order valence-corrected chi connectivity index (χ2v) is 13.3. The molecular weight excluding hydrogens is 661 g/mol. The predicted molar refractivity (Wildman–Crippen MR) is 173 cm³/mol. The van der Waals surface area contributed by atoms with Crippen LogP contribution in [0.1, 0.15) is 23.3 Å². The number of nitrogens with zero attached hydrogens (tertiary/aromatic N) is 1. The summed E-state index contributed by atoms with van der Waals surface area (Å²) in [6, 6.07) is 23.9. The van der Waals surface area contributed by atoms with Crippen LogP contribution in [0.4, 0.5) is 10.1 Å². The number of phenolic OH excluding ortho intramolecular Hbond substituents is 1. The van der Waals surface area contributed by atoms with Crippen LogP contribution >= 0.6 is 0 Å². The number of carboxylic acids is 1.